The number of aromatic nitrogens is 2. The second-order valence-electron chi connectivity index (χ2n) is 3.46. The molecule has 1 amide bonds. The van der Waals surface area contributed by atoms with E-state index in [4.69, 9.17) is 5.73 Å². The molecule has 3 N–H and O–H groups in total. The van der Waals surface area contributed by atoms with Crippen molar-refractivity contribution in [2.45, 2.75) is 0 Å². The van der Waals surface area contributed by atoms with E-state index in [1.807, 2.05) is 6.07 Å². The number of rotatable bonds is 3. The van der Waals surface area contributed by atoms with Crippen LogP contribution in [0.15, 0.2) is 48.0 Å². The van der Waals surface area contributed by atoms with Gasteiger partial charge in [-0.25, -0.2) is 10.4 Å². The molecule has 0 aliphatic heterocycles. The van der Waals surface area contributed by atoms with Crippen LogP contribution in [0.4, 0.5) is 5.69 Å². The molecule has 0 fully saturated rings. The number of anilines is 1. The Kier molecular flexibility index (Phi) is 3.60. The summed E-state index contributed by atoms with van der Waals surface area (Å²) < 4.78 is 0. The molecule has 90 valence electrons. The smallest absolute Gasteiger partial charge is 0.291 e. The molecule has 0 spiro atoms. The lowest BCUT2D eigenvalue weighted by atomic mass is 10.2. The third-order valence-electron chi connectivity index (χ3n) is 2.09. The van der Waals surface area contributed by atoms with E-state index in [0.29, 0.717) is 5.69 Å². The molecule has 0 saturated heterocycles. The number of nitrogens with two attached hydrogens (primary N) is 1. The molecule has 6 nitrogen and oxygen atoms in total. The van der Waals surface area contributed by atoms with Crippen molar-refractivity contribution in [2.24, 2.45) is 5.10 Å². The lowest BCUT2D eigenvalue weighted by Crippen LogP contribution is -2.19. The summed E-state index contributed by atoms with van der Waals surface area (Å²) in [4.78, 5) is 19.2. The molecule has 0 aliphatic carbocycles. The fraction of sp³-hybridized carbons (Fsp3) is 0. The third kappa shape index (κ3) is 3.11. The highest BCUT2D eigenvalue weighted by Gasteiger charge is 2.04. The van der Waals surface area contributed by atoms with Gasteiger partial charge in [0, 0.05) is 18.1 Å². The van der Waals surface area contributed by atoms with Crippen molar-refractivity contribution >= 4 is 17.8 Å². The summed E-state index contributed by atoms with van der Waals surface area (Å²) in [6.45, 7) is 0. The van der Waals surface area contributed by atoms with Gasteiger partial charge in [-0.3, -0.25) is 9.78 Å². The molecule has 0 aliphatic rings. The van der Waals surface area contributed by atoms with Gasteiger partial charge in [0.05, 0.1) is 12.4 Å². The molecular formula is C12H11N5O. The first-order valence-corrected chi connectivity index (χ1v) is 5.20. The number of carbonyl (C=O) groups excluding carboxylic acids is 1. The van der Waals surface area contributed by atoms with Crippen molar-refractivity contribution in [3.8, 4) is 0 Å². The highest BCUT2D eigenvalue weighted by Crippen LogP contribution is 2.03. The second-order valence-corrected chi connectivity index (χ2v) is 3.46. The first-order chi connectivity index (χ1) is 8.75. The number of amides is 1. The standard InChI is InChI=1S/C12H11N5O/c13-10-3-1-2-9(6-10)7-16-17-12(18)11-8-14-4-5-15-11/h1-8H,13H2,(H,17,18)/b16-7+. The summed E-state index contributed by atoms with van der Waals surface area (Å²) in [7, 11) is 0. The van der Waals surface area contributed by atoms with Gasteiger partial charge < -0.3 is 5.73 Å². The minimum atomic E-state index is -0.414. The van der Waals surface area contributed by atoms with Crippen molar-refractivity contribution in [1.82, 2.24) is 15.4 Å². The van der Waals surface area contributed by atoms with Crippen LogP contribution in [0.2, 0.25) is 0 Å². The van der Waals surface area contributed by atoms with Crippen LogP contribution < -0.4 is 11.2 Å². The summed E-state index contributed by atoms with van der Waals surface area (Å²) in [5, 5.41) is 3.81. The van der Waals surface area contributed by atoms with Crippen molar-refractivity contribution in [3.05, 3.63) is 54.1 Å². The minimum Gasteiger partial charge on any atom is -0.399 e. The number of carbonyl (C=O) groups is 1. The predicted molar refractivity (Wildman–Crippen MR) is 67.9 cm³/mol. The molecule has 0 atom stereocenters. The van der Waals surface area contributed by atoms with Crippen LogP contribution in [-0.4, -0.2) is 22.1 Å². The monoisotopic (exact) mass is 241 g/mol. The fourth-order valence-corrected chi connectivity index (χ4v) is 1.28. The molecule has 1 aromatic heterocycles. The molecule has 1 aromatic carbocycles. The number of nitrogen functional groups attached to an aromatic ring is 1. The maximum atomic E-state index is 11.5. The average molecular weight is 241 g/mol. The van der Waals surface area contributed by atoms with Gasteiger partial charge in [-0.1, -0.05) is 12.1 Å². The summed E-state index contributed by atoms with van der Waals surface area (Å²) in [5.41, 5.74) is 9.62. The molecule has 6 heteroatoms. The van der Waals surface area contributed by atoms with E-state index in [2.05, 4.69) is 20.5 Å². The molecule has 0 bridgehead atoms. The number of hydrazone groups is 1. The largest absolute Gasteiger partial charge is 0.399 e. The van der Waals surface area contributed by atoms with Crippen molar-refractivity contribution in [2.75, 3.05) is 5.73 Å². The Bertz CT molecular complexity index is 568. The van der Waals surface area contributed by atoms with Crippen molar-refractivity contribution in [1.29, 1.82) is 0 Å². The Hall–Kier alpha value is -2.76. The predicted octanol–water partition coefficient (Wildman–Crippen LogP) is 0.823. The Morgan fingerprint density at radius 2 is 2.28 bits per heavy atom. The maximum Gasteiger partial charge on any atom is 0.291 e. The summed E-state index contributed by atoms with van der Waals surface area (Å²) >= 11 is 0. The molecule has 0 saturated carbocycles. The molecule has 1 heterocycles. The van der Waals surface area contributed by atoms with Crippen LogP contribution in [0.1, 0.15) is 16.1 Å². The molecule has 2 aromatic rings. The quantitative estimate of drug-likeness (QED) is 0.472. The highest BCUT2D eigenvalue weighted by atomic mass is 16.2. The van der Waals surface area contributed by atoms with Crippen LogP contribution in [0.3, 0.4) is 0 Å². The average Bonchev–Trinajstić information content (AvgIpc) is 2.40. The Labute approximate surface area is 104 Å². The molecule has 0 unspecified atom stereocenters. The van der Waals surface area contributed by atoms with Gasteiger partial charge in [-0.2, -0.15) is 5.10 Å². The van der Waals surface area contributed by atoms with Gasteiger partial charge in [0.1, 0.15) is 5.69 Å². The lowest BCUT2D eigenvalue weighted by molar-refractivity contribution is 0.0950. The third-order valence-corrected chi connectivity index (χ3v) is 2.09. The van der Waals surface area contributed by atoms with E-state index in [-0.39, 0.29) is 5.69 Å². The fourth-order valence-electron chi connectivity index (χ4n) is 1.28. The topological polar surface area (TPSA) is 93.3 Å². The Morgan fingerprint density at radius 1 is 1.39 bits per heavy atom. The zero-order valence-electron chi connectivity index (χ0n) is 9.45. The number of nitrogens with one attached hydrogen (secondary N) is 1. The van der Waals surface area contributed by atoms with Gasteiger partial charge in [0.25, 0.3) is 5.91 Å². The minimum absolute atomic E-state index is 0.210. The highest BCUT2D eigenvalue weighted by molar-refractivity contribution is 5.92. The summed E-state index contributed by atoms with van der Waals surface area (Å²) in [5.74, 6) is -0.414. The number of hydrogen-bond acceptors (Lipinski definition) is 5. The molecule has 0 radical (unpaired) electrons. The van der Waals surface area contributed by atoms with Gasteiger partial charge in [0.2, 0.25) is 0 Å². The van der Waals surface area contributed by atoms with Crippen molar-refractivity contribution in [3.63, 3.8) is 0 Å². The van der Waals surface area contributed by atoms with Gasteiger partial charge in [0.15, 0.2) is 0 Å². The van der Waals surface area contributed by atoms with E-state index in [0.717, 1.165) is 5.56 Å². The van der Waals surface area contributed by atoms with Crippen LogP contribution in [0.5, 0.6) is 0 Å². The van der Waals surface area contributed by atoms with Crippen LogP contribution in [-0.2, 0) is 0 Å². The number of nitrogens with zero attached hydrogens (tertiary/aromatic N) is 3. The van der Waals surface area contributed by atoms with Gasteiger partial charge in [-0.05, 0) is 17.7 Å². The molecular weight excluding hydrogens is 230 g/mol. The van der Waals surface area contributed by atoms with E-state index in [1.54, 1.807) is 18.2 Å². The Morgan fingerprint density at radius 3 is 3.00 bits per heavy atom. The number of hydrogen-bond donors (Lipinski definition) is 2. The molecule has 18 heavy (non-hydrogen) atoms. The number of benzene rings is 1. The SMILES string of the molecule is Nc1cccc(/C=N/NC(=O)c2cnccn2)c1. The lowest BCUT2D eigenvalue weighted by Gasteiger charge is -1.98. The van der Waals surface area contributed by atoms with E-state index in [9.17, 15) is 4.79 Å². The van der Waals surface area contributed by atoms with Crippen LogP contribution in [0, 0.1) is 0 Å². The zero-order chi connectivity index (χ0) is 12.8. The first kappa shape index (κ1) is 11.7. The van der Waals surface area contributed by atoms with E-state index in [1.165, 1.54) is 24.8 Å². The molecule has 2 rings (SSSR count). The summed E-state index contributed by atoms with van der Waals surface area (Å²) in [6.07, 6.45) is 5.80. The maximum absolute atomic E-state index is 11.5. The van der Waals surface area contributed by atoms with Gasteiger partial charge >= 0.3 is 0 Å². The summed E-state index contributed by atoms with van der Waals surface area (Å²) in [6, 6.07) is 7.16. The zero-order valence-corrected chi connectivity index (χ0v) is 9.45. The Balaban J connectivity index is 1.98. The second kappa shape index (κ2) is 5.53. The van der Waals surface area contributed by atoms with Crippen molar-refractivity contribution < 1.29 is 4.79 Å². The van der Waals surface area contributed by atoms with E-state index >= 15 is 0 Å². The van der Waals surface area contributed by atoms with Crippen LogP contribution in [0.25, 0.3) is 0 Å². The van der Waals surface area contributed by atoms with E-state index < -0.39 is 5.91 Å². The normalized spacial score (nSPS) is 10.4. The first-order valence-electron chi connectivity index (χ1n) is 5.20. The van der Waals surface area contributed by atoms with Crippen LogP contribution >= 0.6 is 0 Å². The van der Waals surface area contributed by atoms with Gasteiger partial charge in [-0.15, -0.1) is 0 Å².